The number of allylic oxidation sites excluding steroid dienone is 2. The molecule has 2 aromatic rings. The molecule has 1 heterocycles. The molecule has 1 aromatic heterocycles. The molecule has 1 aromatic carbocycles. The van der Waals surface area contributed by atoms with Crippen molar-refractivity contribution < 1.29 is 0 Å². The highest BCUT2D eigenvalue weighted by Gasteiger charge is 2.00. The van der Waals surface area contributed by atoms with Crippen LogP contribution in [0.5, 0.6) is 0 Å². The number of H-pyrrole nitrogens is 1. The van der Waals surface area contributed by atoms with E-state index in [1.165, 1.54) is 0 Å². The fourth-order valence-corrected chi connectivity index (χ4v) is 2.08. The minimum atomic E-state index is 0.114. The van der Waals surface area contributed by atoms with Gasteiger partial charge in [-0.3, -0.25) is 4.79 Å². The maximum Gasteiger partial charge on any atom is 0.189 e. The molecule has 0 atom stereocenters. The van der Waals surface area contributed by atoms with E-state index in [9.17, 15) is 4.79 Å². The number of nitrogens with one attached hydrogen (secondary N) is 1. The van der Waals surface area contributed by atoms with Crippen LogP contribution in [0.1, 0.15) is 31.9 Å². The number of aromatic nitrogens is 1. The topological polar surface area (TPSA) is 32.9 Å². The number of pyridine rings is 1. The van der Waals surface area contributed by atoms with E-state index >= 15 is 0 Å². The smallest absolute Gasteiger partial charge is 0.189 e. The van der Waals surface area contributed by atoms with E-state index in [0.717, 1.165) is 42.3 Å². The Morgan fingerprint density at radius 1 is 1.22 bits per heavy atom. The molecule has 0 aliphatic heterocycles. The van der Waals surface area contributed by atoms with Gasteiger partial charge in [-0.05, 0) is 37.8 Å². The van der Waals surface area contributed by atoms with E-state index in [1.54, 1.807) is 6.07 Å². The zero-order chi connectivity index (χ0) is 12.8. The van der Waals surface area contributed by atoms with Crippen LogP contribution in [0.2, 0.25) is 0 Å². The first kappa shape index (κ1) is 12.6. The number of aromatic amines is 1. The highest BCUT2D eigenvalue weighted by Crippen LogP contribution is 2.09. The lowest BCUT2D eigenvalue weighted by molar-refractivity contribution is 0.819. The van der Waals surface area contributed by atoms with Gasteiger partial charge in [-0.1, -0.05) is 31.2 Å². The molecular weight excluding hydrogens is 222 g/mol. The third kappa shape index (κ3) is 3.10. The first-order valence-electron chi connectivity index (χ1n) is 6.57. The molecular formula is C16H19NO. The highest BCUT2D eigenvalue weighted by molar-refractivity contribution is 5.78. The summed E-state index contributed by atoms with van der Waals surface area (Å²) in [6.07, 6.45) is 8.55. The molecule has 0 amide bonds. The number of para-hydroxylation sites is 1. The third-order valence-corrected chi connectivity index (χ3v) is 3.01. The Hall–Kier alpha value is -1.83. The van der Waals surface area contributed by atoms with Gasteiger partial charge in [0, 0.05) is 22.7 Å². The normalized spacial score (nSPS) is 11.4. The zero-order valence-electron chi connectivity index (χ0n) is 10.8. The van der Waals surface area contributed by atoms with E-state index in [0.29, 0.717) is 0 Å². The Morgan fingerprint density at radius 3 is 2.89 bits per heavy atom. The van der Waals surface area contributed by atoms with Crippen molar-refractivity contribution in [2.45, 2.75) is 32.6 Å². The molecule has 0 unspecified atom stereocenters. The number of fused-ring (bicyclic) bond motifs is 1. The lowest BCUT2D eigenvalue weighted by Gasteiger charge is -2.03. The zero-order valence-corrected chi connectivity index (χ0v) is 10.8. The minimum Gasteiger partial charge on any atom is -0.358 e. The molecule has 0 aliphatic carbocycles. The Balaban J connectivity index is 2.10. The second-order valence-corrected chi connectivity index (χ2v) is 4.48. The van der Waals surface area contributed by atoms with Crippen molar-refractivity contribution in [1.29, 1.82) is 0 Å². The molecule has 18 heavy (non-hydrogen) atoms. The summed E-state index contributed by atoms with van der Waals surface area (Å²) in [6, 6.07) is 9.39. The minimum absolute atomic E-state index is 0.114. The Kier molecular flexibility index (Phi) is 4.35. The van der Waals surface area contributed by atoms with E-state index in [2.05, 4.69) is 24.1 Å². The van der Waals surface area contributed by atoms with Gasteiger partial charge in [-0.15, -0.1) is 0 Å². The Bertz CT molecular complexity index is 595. The summed E-state index contributed by atoms with van der Waals surface area (Å²) in [7, 11) is 0. The van der Waals surface area contributed by atoms with Gasteiger partial charge >= 0.3 is 0 Å². The average molecular weight is 241 g/mol. The van der Waals surface area contributed by atoms with Gasteiger partial charge in [0.05, 0.1) is 0 Å². The van der Waals surface area contributed by atoms with E-state index < -0.39 is 0 Å². The summed E-state index contributed by atoms with van der Waals surface area (Å²) in [4.78, 5) is 15.2. The summed E-state index contributed by atoms with van der Waals surface area (Å²) < 4.78 is 0. The summed E-state index contributed by atoms with van der Waals surface area (Å²) in [5.41, 5.74) is 2.08. The van der Waals surface area contributed by atoms with Gasteiger partial charge in [0.25, 0.3) is 0 Å². The van der Waals surface area contributed by atoms with Gasteiger partial charge in [0.15, 0.2) is 5.43 Å². The molecule has 1 N–H and O–H groups in total. The molecule has 0 saturated heterocycles. The molecule has 0 spiro atoms. The van der Waals surface area contributed by atoms with Gasteiger partial charge < -0.3 is 4.98 Å². The second-order valence-electron chi connectivity index (χ2n) is 4.48. The predicted octanol–water partition coefficient (Wildman–Crippen LogP) is 3.82. The lowest BCUT2D eigenvalue weighted by Crippen LogP contribution is -2.04. The van der Waals surface area contributed by atoms with Gasteiger partial charge in [0.2, 0.25) is 0 Å². The van der Waals surface area contributed by atoms with Crippen LogP contribution in [0.3, 0.4) is 0 Å². The molecule has 0 fully saturated rings. The number of hydrogen-bond acceptors (Lipinski definition) is 1. The highest BCUT2D eigenvalue weighted by atomic mass is 16.1. The van der Waals surface area contributed by atoms with Crippen LogP contribution >= 0.6 is 0 Å². The van der Waals surface area contributed by atoms with Crippen LogP contribution in [0.15, 0.2) is 47.3 Å². The first-order chi connectivity index (χ1) is 8.81. The Morgan fingerprint density at radius 2 is 2.06 bits per heavy atom. The van der Waals surface area contributed by atoms with Crippen molar-refractivity contribution in [1.82, 2.24) is 4.98 Å². The fraction of sp³-hybridized carbons (Fsp3) is 0.312. The molecule has 0 radical (unpaired) electrons. The third-order valence-electron chi connectivity index (χ3n) is 3.01. The molecule has 2 nitrogen and oxygen atoms in total. The molecule has 2 heteroatoms. The van der Waals surface area contributed by atoms with Crippen molar-refractivity contribution in [3.05, 3.63) is 58.4 Å². The first-order valence-corrected chi connectivity index (χ1v) is 6.57. The van der Waals surface area contributed by atoms with Crippen LogP contribution in [0.25, 0.3) is 10.9 Å². The van der Waals surface area contributed by atoms with Crippen LogP contribution in [0.4, 0.5) is 0 Å². The lowest BCUT2D eigenvalue weighted by atomic mass is 10.1. The van der Waals surface area contributed by atoms with Gasteiger partial charge in [-0.2, -0.15) is 0 Å². The maximum atomic E-state index is 11.9. The molecule has 2 rings (SSSR count). The van der Waals surface area contributed by atoms with Crippen molar-refractivity contribution in [2.75, 3.05) is 0 Å². The maximum absolute atomic E-state index is 11.9. The summed E-state index contributed by atoms with van der Waals surface area (Å²) in [5.74, 6) is 0. The number of rotatable bonds is 5. The largest absolute Gasteiger partial charge is 0.358 e. The van der Waals surface area contributed by atoms with Crippen LogP contribution < -0.4 is 5.43 Å². The van der Waals surface area contributed by atoms with Gasteiger partial charge in [-0.25, -0.2) is 0 Å². The number of hydrogen-bond donors (Lipinski definition) is 1. The van der Waals surface area contributed by atoms with Crippen molar-refractivity contribution in [3.8, 4) is 0 Å². The Labute approximate surface area is 107 Å². The summed E-state index contributed by atoms with van der Waals surface area (Å²) >= 11 is 0. The molecule has 0 saturated carbocycles. The SMILES string of the molecule is CC/C=C/CCCc1cc(=O)c2ccccc2[nH]1. The average Bonchev–Trinajstić information content (AvgIpc) is 2.39. The second kappa shape index (κ2) is 6.20. The van der Waals surface area contributed by atoms with Crippen LogP contribution in [0, 0.1) is 0 Å². The fourth-order valence-electron chi connectivity index (χ4n) is 2.08. The number of benzene rings is 1. The quantitative estimate of drug-likeness (QED) is 0.626. The van der Waals surface area contributed by atoms with Crippen molar-refractivity contribution in [2.24, 2.45) is 0 Å². The molecule has 94 valence electrons. The van der Waals surface area contributed by atoms with Crippen molar-refractivity contribution in [3.63, 3.8) is 0 Å². The summed E-state index contributed by atoms with van der Waals surface area (Å²) in [5, 5.41) is 0.770. The standard InChI is InChI=1S/C16H19NO/c1-2-3-4-5-6-9-13-12-16(18)14-10-7-8-11-15(14)17-13/h3-4,7-8,10-12H,2,5-6,9H2,1H3,(H,17,18)/b4-3+. The monoisotopic (exact) mass is 241 g/mol. The number of aryl methyl sites for hydroxylation is 1. The van der Waals surface area contributed by atoms with Gasteiger partial charge in [0.1, 0.15) is 0 Å². The summed E-state index contributed by atoms with van der Waals surface area (Å²) in [6.45, 7) is 2.14. The van der Waals surface area contributed by atoms with Crippen LogP contribution in [-0.2, 0) is 6.42 Å². The predicted molar refractivity (Wildman–Crippen MR) is 76.9 cm³/mol. The molecule has 0 bridgehead atoms. The van der Waals surface area contributed by atoms with Crippen LogP contribution in [-0.4, -0.2) is 4.98 Å². The van der Waals surface area contributed by atoms with E-state index in [4.69, 9.17) is 0 Å². The molecule has 0 aliphatic rings. The van der Waals surface area contributed by atoms with Crippen molar-refractivity contribution >= 4 is 10.9 Å². The van der Waals surface area contributed by atoms with E-state index in [-0.39, 0.29) is 5.43 Å². The van der Waals surface area contributed by atoms with E-state index in [1.807, 2.05) is 24.3 Å². The number of unbranched alkanes of at least 4 members (excludes halogenated alkanes) is 1.